The van der Waals surface area contributed by atoms with Crippen LogP contribution in [0, 0.1) is 24.0 Å². The Hall–Kier alpha value is -4.25. The van der Waals surface area contributed by atoms with E-state index in [1.807, 2.05) is 0 Å². The average molecular weight is 500 g/mol. The number of esters is 1. The standard InChI is InChI=1S/C23H22ClN5O6/c1-13-21(29(32)33)14(2)28(27-13)15(3)22(30)26-25-12-16-9-10-19(20(11-16)34-4)35-23(31)17-7-5-6-8-18(17)24/h5-12,15H,1-4H3,(H,26,30). The summed E-state index contributed by atoms with van der Waals surface area (Å²) in [5.74, 6) is -0.706. The lowest BCUT2D eigenvalue weighted by atomic mass is 10.2. The summed E-state index contributed by atoms with van der Waals surface area (Å²) in [7, 11) is 1.42. The van der Waals surface area contributed by atoms with Crippen LogP contribution in [-0.4, -0.2) is 39.9 Å². The first-order chi connectivity index (χ1) is 16.6. The molecule has 1 N–H and O–H groups in total. The minimum Gasteiger partial charge on any atom is -0.493 e. The predicted octanol–water partition coefficient (Wildman–Crippen LogP) is 4.00. The van der Waals surface area contributed by atoms with E-state index in [-0.39, 0.29) is 39.2 Å². The molecule has 0 saturated heterocycles. The van der Waals surface area contributed by atoms with Crippen molar-refractivity contribution < 1.29 is 24.0 Å². The third-order valence-corrected chi connectivity index (χ3v) is 5.42. The molecular formula is C23H22ClN5O6. The number of hydrogen-bond acceptors (Lipinski definition) is 8. The Morgan fingerprint density at radius 3 is 2.57 bits per heavy atom. The maximum Gasteiger partial charge on any atom is 0.345 e. The lowest BCUT2D eigenvalue weighted by Crippen LogP contribution is -2.28. The molecule has 1 atom stereocenters. The topological polar surface area (TPSA) is 138 Å². The number of ether oxygens (including phenoxy) is 2. The van der Waals surface area contributed by atoms with Crippen molar-refractivity contribution >= 4 is 35.4 Å². The van der Waals surface area contributed by atoms with Crippen LogP contribution >= 0.6 is 11.6 Å². The van der Waals surface area contributed by atoms with Crippen molar-refractivity contribution in [2.45, 2.75) is 26.8 Å². The number of amides is 1. The van der Waals surface area contributed by atoms with E-state index >= 15 is 0 Å². The van der Waals surface area contributed by atoms with Crippen LogP contribution in [0.15, 0.2) is 47.6 Å². The molecule has 182 valence electrons. The first-order valence-corrected chi connectivity index (χ1v) is 10.7. The van der Waals surface area contributed by atoms with E-state index in [0.29, 0.717) is 5.56 Å². The lowest BCUT2D eigenvalue weighted by Gasteiger charge is -2.12. The van der Waals surface area contributed by atoms with E-state index in [9.17, 15) is 19.7 Å². The zero-order chi connectivity index (χ0) is 25.7. The first kappa shape index (κ1) is 25.4. The fourth-order valence-electron chi connectivity index (χ4n) is 3.30. The third kappa shape index (κ3) is 5.64. The molecule has 12 heteroatoms. The number of aromatic nitrogens is 2. The number of aryl methyl sites for hydroxylation is 1. The minimum absolute atomic E-state index is 0.129. The van der Waals surface area contributed by atoms with E-state index in [2.05, 4.69) is 15.6 Å². The average Bonchev–Trinajstić information content (AvgIpc) is 3.13. The van der Waals surface area contributed by atoms with Crippen molar-refractivity contribution in [1.82, 2.24) is 15.2 Å². The van der Waals surface area contributed by atoms with E-state index in [1.54, 1.807) is 43.3 Å². The number of hydrogen-bond donors (Lipinski definition) is 1. The van der Waals surface area contributed by atoms with Crippen molar-refractivity contribution in [3.63, 3.8) is 0 Å². The Balaban J connectivity index is 1.69. The fourth-order valence-corrected chi connectivity index (χ4v) is 3.51. The van der Waals surface area contributed by atoms with Crippen molar-refractivity contribution in [2.75, 3.05) is 7.11 Å². The van der Waals surface area contributed by atoms with Crippen LogP contribution in [0.2, 0.25) is 5.02 Å². The Bertz CT molecular complexity index is 1320. The van der Waals surface area contributed by atoms with Gasteiger partial charge in [-0.15, -0.1) is 0 Å². The summed E-state index contributed by atoms with van der Waals surface area (Å²) in [6, 6.07) is 10.4. The fraction of sp³-hybridized carbons (Fsp3) is 0.217. The summed E-state index contributed by atoms with van der Waals surface area (Å²) >= 11 is 6.04. The van der Waals surface area contributed by atoms with Crippen LogP contribution in [0.4, 0.5) is 5.69 Å². The van der Waals surface area contributed by atoms with Gasteiger partial charge in [-0.25, -0.2) is 10.2 Å². The lowest BCUT2D eigenvalue weighted by molar-refractivity contribution is -0.386. The smallest absolute Gasteiger partial charge is 0.345 e. The summed E-state index contributed by atoms with van der Waals surface area (Å²) in [5, 5.41) is 19.5. The maximum atomic E-state index is 12.5. The maximum absolute atomic E-state index is 12.5. The molecule has 0 radical (unpaired) electrons. The van der Waals surface area contributed by atoms with Crippen molar-refractivity contribution in [3.05, 3.63) is 80.1 Å². The van der Waals surface area contributed by atoms with Gasteiger partial charge >= 0.3 is 11.7 Å². The molecule has 0 aliphatic rings. The number of nitro groups is 1. The molecule has 0 bridgehead atoms. The quantitative estimate of drug-likeness (QED) is 0.162. The molecule has 0 aliphatic carbocycles. The van der Waals surface area contributed by atoms with Gasteiger partial charge in [0.15, 0.2) is 11.5 Å². The monoisotopic (exact) mass is 499 g/mol. The van der Waals surface area contributed by atoms with Crippen LogP contribution in [0.25, 0.3) is 0 Å². The molecule has 1 amide bonds. The molecular weight excluding hydrogens is 478 g/mol. The number of hydrazone groups is 1. The zero-order valence-electron chi connectivity index (χ0n) is 19.3. The van der Waals surface area contributed by atoms with Gasteiger partial charge < -0.3 is 9.47 Å². The Labute approximate surface area is 205 Å². The van der Waals surface area contributed by atoms with Gasteiger partial charge in [0.05, 0.1) is 28.8 Å². The Morgan fingerprint density at radius 1 is 1.23 bits per heavy atom. The number of halogens is 1. The van der Waals surface area contributed by atoms with Crippen LogP contribution in [-0.2, 0) is 4.79 Å². The van der Waals surface area contributed by atoms with Gasteiger partial charge in [-0.05, 0) is 56.7 Å². The molecule has 35 heavy (non-hydrogen) atoms. The molecule has 1 heterocycles. The molecule has 0 aliphatic heterocycles. The number of carbonyl (C=O) groups is 2. The number of methoxy groups -OCH3 is 1. The minimum atomic E-state index is -0.833. The number of carbonyl (C=O) groups excluding carboxylic acids is 2. The van der Waals surface area contributed by atoms with E-state index < -0.39 is 22.8 Å². The van der Waals surface area contributed by atoms with E-state index in [4.69, 9.17) is 21.1 Å². The summed E-state index contributed by atoms with van der Waals surface area (Å²) in [6.45, 7) is 4.59. The van der Waals surface area contributed by atoms with Crippen LogP contribution in [0.1, 0.15) is 40.3 Å². The Kier molecular flexibility index (Phi) is 7.82. The van der Waals surface area contributed by atoms with E-state index in [0.717, 1.165) is 0 Å². The number of nitrogens with one attached hydrogen (secondary N) is 1. The summed E-state index contributed by atoms with van der Waals surface area (Å²) in [5.41, 5.74) is 3.51. The molecule has 1 unspecified atom stereocenters. The second-order valence-electron chi connectivity index (χ2n) is 7.41. The highest BCUT2D eigenvalue weighted by molar-refractivity contribution is 6.33. The summed E-state index contributed by atoms with van der Waals surface area (Å²) in [6.07, 6.45) is 1.37. The van der Waals surface area contributed by atoms with Crippen LogP contribution < -0.4 is 14.9 Å². The Morgan fingerprint density at radius 2 is 1.94 bits per heavy atom. The van der Waals surface area contributed by atoms with Gasteiger partial charge in [-0.1, -0.05) is 23.7 Å². The van der Waals surface area contributed by atoms with Crippen LogP contribution in [0.5, 0.6) is 11.5 Å². The van der Waals surface area contributed by atoms with Gasteiger partial charge in [-0.2, -0.15) is 10.2 Å². The van der Waals surface area contributed by atoms with Gasteiger partial charge in [0.25, 0.3) is 5.91 Å². The second kappa shape index (κ2) is 10.8. The van der Waals surface area contributed by atoms with Crippen LogP contribution in [0.3, 0.4) is 0 Å². The molecule has 3 aromatic rings. The SMILES string of the molecule is COc1cc(C=NNC(=O)C(C)n2nc(C)c([N+](=O)[O-])c2C)ccc1OC(=O)c1ccccc1Cl. The van der Waals surface area contributed by atoms with Crippen molar-refractivity contribution in [3.8, 4) is 11.5 Å². The second-order valence-corrected chi connectivity index (χ2v) is 7.82. The third-order valence-electron chi connectivity index (χ3n) is 5.09. The summed E-state index contributed by atoms with van der Waals surface area (Å²) in [4.78, 5) is 35.6. The number of nitrogens with zero attached hydrogens (tertiary/aromatic N) is 4. The highest BCUT2D eigenvalue weighted by atomic mass is 35.5. The van der Waals surface area contributed by atoms with E-state index in [1.165, 1.54) is 37.9 Å². The molecule has 0 saturated carbocycles. The molecule has 2 aromatic carbocycles. The highest BCUT2D eigenvalue weighted by Gasteiger charge is 2.27. The molecule has 0 spiro atoms. The van der Waals surface area contributed by atoms with Crippen molar-refractivity contribution in [1.29, 1.82) is 0 Å². The number of rotatable bonds is 8. The highest BCUT2D eigenvalue weighted by Crippen LogP contribution is 2.29. The van der Waals surface area contributed by atoms with Gasteiger partial charge in [0.1, 0.15) is 17.4 Å². The zero-order valence-corrected chi connectivity index (χ0v) is 20.1. The predicted molar refractivity (Wildman–Crippen MR) is 128 cm³/mol. The summed E-state index contributed by atoms with van der Waals surface area (Å²) < 4.78 is 12.0. The number of benzene rings is 2. The molecule has 3 rings (SSSR count). The molecule has 0 fully saturated rings. The van der Waals surface area contributed by atoms with Crippen molar-refractivity contribution in [2.24, 2.45) is 5.10 Å². The normalized spacial score (nSPS) is 11.8. The van der Waals surface area contributed by atoms with Gasteiger partial charge in [0.2, 0.25) is 0 Å². The van der Waals surface area contributed by atoms with Gasteiger partial charge in [-0.3, -0.25) is 19.6 Å². The first-order valence-electron chi connectivity index (χ1n) is 10.3. The molecule has 11 nitrogen and oxygen atoms in total. The largest absolute Gasteiger partial charge is 0.493 e. The van der Waals surface area contributed by atoms with Gasteiger partial charge in [0, 0.05) is 0 Å². The molecule has 1 aromatic heterocycles.